The summed E-state index contributed by atoms with van der Waals surface area (Å²) in [5.41, 5.74) is 1.84. The fourth-order valence-corrected chi connectivity index (χ4v) is 2.24. The average molecular weight is 283 g/mol. The van der Waals surface area contributed by atoms with Crippen molar-refractivity contribution in [2.45, 2.75) is 44.8 Å². The number of anilines is 1. The van der Waals surface area contributed by atoms with Gasteiger partial charge in [-0.25, -0.2) is 0 Å². The molecule has 0 saturated heterocycles. The van der Waals surface area contributed by atoms with Crippen molar-refractivity contribution >= 4 is 17.3 Å². The van der Waals surface area contributed by atoms with Crippen LogP contribution in [-0.2, 0) is 6.54 Å². The summed E-state index contributed by atoms with van der Waals surface area (Å²) in [6.07, 6.45) is 2.58. The molecule has 0 spiro atoms. The number of hydrogen-bond acceptors (Lipinski definition) is 3. The molecule has 1 aromatic rings. The largest absolute Gasteiger partial charge is 0.394 e. The lowest BCUT2D eigenvalue weighted by Gasteiger charge is -2.36. The van der Waals surface area contributed by atoms with E-state index in [-0.39, 0.29) is 12.1 Å². The van der Waals surface area contributed by atoms with Crippen molar-refractivity contribution in [1.82, 2.24) is 5.32 Å². The van der Waals surface area contributed by atoms with Crippen molar-refractivity contribution < 1.29 is 5.11 Å². The highest BCUT2D eigenvalue weighted by Gasteiger charge is 2.24. The van der Waals surface area contributed by atoms with E-state index in [2.05, 4.69) is 11.4 Å². The van der Waals surface area contributed by atoms with Gasteiger partial charge in [0.25, 0.3) is 0 Å². The van der Waals surface area contributed by atoms with Crippen LogP contribution in [0.5, 0.6) is 0 Å². The molecule has 0 bridgehead atoms. The van der Waals surface area contributed by atoms with Crippen molar-refractivity contribution in [1.29, 1.82) is 0 Å². The standard InChI is InChI=1S/C15H23ClN2O/c1-15(2,10-19)18(3)14-7-4-11(8-13(14)16)9-17-12-5-6-12/h4,7-8,12,17,19H,5-6,9-10H2,1-3H3. The Morgan fingerprint density at radius 3 is 2.63 bits per heavy atom. The predicted octanol–water partition coefficient (Wildman–Crippen LogP) is 2.80. The van der Waals surface area contributed by atoms with E-state index < -0.39 is 0 Å². The van der Waals surface area contributed by atoms with Gasteiger partial charge in [-0.2, -0.15) is 0 Å². The first-order chi connectivity index (χ1) is 8.94. The molecule has 4 heteroatoms. The lowest BCUT2D eigenvalue weighted by atomic mass is 10.0. The van der Waals surface area contributed by atoms with Gasteiger partial charge in [-0.3, -0.25) is 0 Å². The van der Waals surface area contributed by atoms with Gasteiger partial charge >= 0.3 is 0 Å². The van der Waals surface area contributed by atoms with Gasteiger partial charge in [0.2, 0.25) is 0 Å². The number of hydrogen-bond donors (Lipinski definition) is 2. The minimum atomic E-state index is -0.322. The zero-order chi connectivity index (χ0) is 14.0. The molecule has 0 heterocycles. The van der Waals surface area contributed by atoms with E-state index >= 15 is 0 Å². The zero-order valence-corrected chi connectivity index (χ0v) is 12.7. The maximum absolute atomic E-state index is 9.43. The number of rotatable bonds is 6. The highest BCUT2D eigenvalue weighted by molar-refractivity contribution is 6.33. The van der Waals surface area contributed by atoms with Crippen LogP contribution >= 0.6 is 11.6 Å². The first-order valence-corrected chi connectivity index (χ1v) is 7.18. The second kappa shape index (κ2) is 5.70. The molecule has 1 saturated carbocycles. The molecule has 1 aliphatic carbocycles. The summed E-state index contributed by atoms with van der Waals surface area (Å²) in [6.45, 7) is 4.94. The van der Waals surface area contributed by atoms with Gasteiger partial charge in [-0.1, -0.05) is 17.7 Å². The lowest BCUT2D eigenvalue weighted by molar-refractivity contribution is 0.216. The highest BCUT2D eigenvalue weighted by Crippen LogP contribution is 2.30. The number of benzene rings is 1. The predicted molar refractivity (Wildman–Crippen MR) is 80.9 cm³/mol. The average Bonchev–Trinajstić information content (AvgIpc) is 3.19. The second-order valence-corrected chi connectivity index (χ2v) is 6.38. The SMILES string of the molecule is CN(c1ccc(CNC2CC2)cc1Cl)C(C)(C)CO. The van der Waals surface area contributed by atoms with Crippen LogP contribution in [0.4, 0.5) is 5.69 Å². The van der Waals surface area contributed by atoms with E-state index in [1.54, 1.807) is 0 Å². The molecule has 19 heavy (non-hydrogen) atoms. The lowest BCUT2D eigenvalue weighted by Crippen LogP contribution is -2.44. The van der Waals surface area contributed by atoms with Gasteiger partial charge in [-0.15, -0.1) is 0 Å². The number of aliphatic hydroxyl groups is 1. The van der Waals surface area contributed by atoms with Crippen LogP contribution < -0.4 is 10.2 Å². The maximum atomic E-state index is 9.43. The van der Waals surface area contributed by atoms with Crippen LogP contribution in [-0.4, -0.2) is 30.3 Å². The molecule has 0 radical (unpaired) electrons. The molecule has 106 valence electrons. The fraction of sp³-hybridized carbons (Fsp3) is 0.600. The summed E-state index contributed by atoms with van der Waals surface area (Å²) in [6, 6.07) is 6.84. The Kier molecular flexibility index (Phi) is 4.39. The molecule has 0 atom stereocenters. The van der Waals surface area contributed by atoms with E-state index in [4.69, 9.17) is 11.6 Å². The van der Waals surface area contributed by atoms with Crippen LogP contribution in [0.1, 0.15) is 32.3 Å². The third kappa shape index (κ3) is 3.62. The zero-order valence-electron chi connectivity index (χ0n) is 11.9. The van der Waals surface area contributed by atoms with E-state index in [0.717, 1.165) is 17.3 Å². The summed E-state index contributed by atoms with van der Waals surface area (Å²) in [7, 11) is 1.96. The first kappa shape index (κ1) is 14.6. The van der Waals surface area contributed by atoms with Crippen molar-refractivity contribution in [2.75, 3.05) is 18.6 Å². The van der Waals surface area contributed by atoms with Gasteiger partial charge in [0, 0.05) is 19.6 Å². The van der Waals surface area contributed by atoms with E-state index in [0.29, 0.717) is 6.04 Å². The molecule has 0 aromatic heterocycles. The minimum Gasteiger partial charge on any atom is -0.394 e. The van der Waals surface area contributed by atoms with Crippen LogP contribution in [0.2, 0.25) is 5.02 Å². The van der Waals surface area contributed by atoms with E-state index in [1.807, 2.05) is 37.9 Å². The number of likely N-dealkylation sites (N-methyl/N-ethyl adjacent to an activating group) is 1. The van der Waals surface area contributed by atoms with Crippen LogP contribution in [0, 0.1) is 0 Å². The summed E-state index contributed by atoms with van der Waals surface area (Å²) in [5.74, 6) is 0. The Bertz CT molecular complexity index is 444. The number of halogens is 1. The van der Waals surface area contributed by atoms with Crippen LogP contribution in [0.25, 0.3) is 0 Å². The second-order valence-electron chi connectivity index (χ2n) is 5.97. The van der Waals surface area contributed by atoms with Gasteiger partial charge < -0.3 is 15.3 Å². The van der Waals surface area contributed by atoms with Gasteiger partial charge in [0.15, 0.2) is 0 Å². The smallest absolute Gasteiger partial charge is 0.0658 e. The van der Waals surface area contributed by atoms with Crippen molar-refractivity contribution in [2.24, 2.45) is 0 Å². The Morgan fingerprint density at radius 2 is 2.11 bits per heavy atom. The summed E-state index contributed by atoms with van der Waals surface area (Å²) < 4.78 is 0. The quantitative estimate of drug-likeness (QED) is 0.842. The van der Waals surface area contributed by atoms with E-state index in [9.17, 15) is 5.11 Å². The topological polar surface area (TPSA) is 35.5 Å². The van der Waals surface area contributed by atoms with Gasteiger partial charge in [-0.05, 0) is 44.4 Å². The molecule has 2 N–H and O–H groups in total. The molecule has 0 unspecified atom stereocenters. The first-order valence-electron chi connectivity index (χ1n) is 6.80. The normalized spacial score (nSPS) is 15.6. The molecule has 0 aliphatic heterocycles. The number of nitrogens with zero attached hydrogens (tertiary/aromatic N) is 1. The number of nitrogens with one attached hydrogen (secondary N) is 1. The molecule has 1 fully saturated rings. The van der Waals surface area contributed by atoms with Crippen LogP contribution in [0.3, 0.4) is 0 Å². The molecule has 3 nitrogen and oxygen atoms in total. The third-order valence-electron chi connectivity index (χ3n) is 3.84. The molecular weight excluding hydrogens is 260 g/mol. The Morgan fingerprint density at radius 1 is 1.42 bits per heavy atom. The highest BCUT2D eigenvalue weighted by atomic mass is 35.5. The summed E-state index contributed by atoms with van der Waals surface area (Å²) >= 11 is 6.37. The maximum Gasteiger partial charge on any atom is 0.0658 e. The Labute approximate surface area is 120 Å². The summed E-state index contributed by atoms with van der Waals surface area (Å²) in [4.78, 5) is 2.02. The minimum absolute atomic E-state index is 0.0881. The molecule has 1 aromatic carbocycles. The molecule has 0 amide bonds. The Balaban J connectivity index is 2.09. The Hall–Kier alpha value is -0.770. The van der Waals surface area contributed by atoms with E-state index in [1.165, 1.54) is 18.4 Å². The molecule has 2 rings (SSSR count). The van der Waals surface area contributed by atoms with Crippen molar-refractivity contribution in [3.05, 3.63) is 28.8 Å². The monoisotopic (exact) mass is 282 g/mol. The van der Waals surface area contributed by atoms with Crippen molar-refractivity contribution in [3.8, 4) is 0 Å². The number of aliphatic hydroxyl groups excluding tert-OH is 1. The van der Waals surface area contributed by atoms with Crippen LogP contribution in [0.15, 0.2) is 18.2 Å². The van der Waals surface area contributed by atoms with Gasteiger partial charge in [0.05, 0.1) is 22.9 Å². The third-order valence-corrected chi connectivity index (χ3v) is 4.14. The molecular formula is C15H23ClN2O. The van der Waals surface area contributed by atoms with Gasteiger partial charge in [0.1, 0.15) is 0 Å². The molecule has 1 aliphatic rings. The summed E-state index contributed by atoms with van der Waals surface area (Å²) in [5, 5.41) is 13.6. The van der Waals surface area contributed by atoms with Crippen molar-refractivity contribution in [3.63, 3.8) is 0 Å². The fourth-order valence-electron chi connectivity index (χ4n) is 1.91.